The molecule has 0 aliphatic heterocycles. The Labute approximate surface area is 96.2 Å². The maximum Gasteiger partial charge on any atom is 0.312 e. The standard InChI is InChI=1S/C9H12BrN3O2/c1-6(2)4-11-9-8(13(14)15)3-7(10)5-12-9/h3,5-6H,4H2,1-2H3,(H,11,12). The summed E-state index contributed by atoms with van der Waals surface area (Å²) in [5.74, 6) is 0.729. The van der Waals surface area contributed by atoms with E-state index in [0.29, 0.717) is 22.8 Å². The number of rotatable bonds is 4. The fourth-order valence-electron chi connectivity index (χ4n) is 1.00. The van der Waals surface area contributed by atoms with Gasteiger partial charge in [-0.1, -0.05) is 13.8 Å². The molecule has 1 aromatic rings. The average Bonchev–Trinajstić information content (AvgIpc) is 2.15. The molecule has 0 aromatic carbocycles. The van der Waals surface area contributed by atoms with E-state index in [1.54, 1.807) is 0 Å². The van der Waals surface area contributed by atoms with Crippen molar-refractivity contribution in [2.24, 2.45) is 5.92 Å². The lowest BCUT2D eigenvalue weighted by molar-refractivity contribution is -0.384. The molecular formula is C9H12BrN3O2. The molecule has 1 N–H and O–H groups in total. The molecule has 0 aliphatic carbocycles. The van der Waals surface area contributed by atoms with E-state index in [1.807, 2.05) is 13.8 Å². The minimum atomic E-state index is -0.444. The van der Waals surface area contributed by atoms with Gasteiger partial charge in [0.1, 0.15) is 0 Å². The number of halogens is 1. The average molecular weight is 274 g/mol. The van der Waals surface area contributed by atoms with Crippen LogP contribution in [0.3, 0.4) is 0 Å². The van der Waals surface area contributed by atoms with Crippen molar-refractivity contribution in [3.63, 3.8) is 0 Å². The second-order valence-corrected chi connectivity index (χ2v) is 4.47. The molecule has 0 saturated carbocycles. The third kappa shape index (κ3) is 3.47. The molecule has 1 rings (SSSR count). The zero-order chi connectivity index (χ0) is 11.4. The van der Waals surface area contributed by atoms with Gasteiger partial charge in [-0.15, -0.1) is 0 Å². The predicted molar refractivity (Wildman–Crippen MR) is 61.9 cm³/mol. The molecule has 15 heavy (non-hydrogen) atoms. The first kappa shape index (κ1) is 11.9. The van der Waals surface area contributed by atoms with Crippen molar-refractivity contribution < 1.29 is 4.92 Å². The SMILES string of the molecule is CC(C)CNc1ncc(Br)cc1[N+](=O)[O-]. The molecule has 0 spiro atoms. The topological polar surface area (TPSA) is 68.1 Å². The Bertz CT molecular complexity index is 368. The van der Waals surface area contributed by atoms with E-state index in [-0.39, 0.29) is 5.69 Å². The van der Waals surface area contributed by atoms with E-state index in [4.69, 9.17) is 0 Å². The van der Waals surface area contributed by atoms with E-state index in [2.05, 4.69) is 26.2 Å². The minimum absolute atomic E-state index is 0.00924. The van der Waals surface area contributed by atoms with E-state index in [1.165, 1.54) is 12.3 Å². The lowest BCUT2D eigenvalue weighted by atomic mass is 10.2. The van der Waals surface area contributed by atoms with Crippen molar-refractivity contribution in [1.29, 1.82) is 0 Å². The van der Waals surface area contributed by atoms with E-state index in [9.17, 15) is 10.1 Å². The first-order valence-electron chi connectivity index (χ1n) is 4.54. The first-order valence-corrected chi connectivity index (χ1v) is 5.34. The smallest absolute Gasteiger partial charge is 0.312 e. The fourth-order valence-corrected chi connectivity index (χ4v) is 1.32. The molecule has 5 nitrogen and oxygen atoms in total. The Morgan fingerprint density at radius 1 is 1.67 bits per heavy atom. The molecule has 0 atom stereocenters. The van der Waals surface area contributed by atoms with E-state index in [0.717, 1.165) is 0 Å². The van der Waals surface area contributed by atoms with Crippen molar-refractivity contribution in [2.45, 2.75) is 13.8 Å². The van der Waals surface area contributed by atoms with Crippen LogP contribution in [0.5, 0.6) is 0 Å². The predicted octanol–water partition coefficient (Wildman–Crippen LogP) is 2.82. The van der Waals surface area contributed by atoms with Crippen molar-refractivity contribution in [3.8, 4) is 0 Å². The first-order chi connectivity index (χ1) is 7.00. The molecule has 82 valence electrons. The van der Waals surface area contributed by atoms with Crippen LogP contribution in [0.15, 0.2) is 16.7 Å². The van der Waals surface area contributed by atoms with Crippen molar-refractivity contribution in [1.82, 2.24) is 4.98 Å². The van der Waals surface area contributed by atoms with Crippen LogP contribution in [-0.4, -0.2) is 16.5 Å². The Kier molecular flexibility index (Phi) is 4.02. The van der Waals surface area contributed by atoms with Crippen LogP contribution in [0.25, 0.3) is 0 Å². The van der Waals surface area contributed by atoms with Crippen LogP contribution in [0, 0.1) is 16.0 Å². The summed E-state index contributed by atoms with van der Waals surface area (Å²) in [6.07, 6.45) is 1.54. The summed E-state index contributed by atoms with van der Waals surface area (Å²) in [6.45, 7) is 4.71. The van der Waals surface area contributed by atoms with Gasteiger partial charge in [0.15, 0.2) is 0 Å². The Balaban J connectivity index is 2.91. The van der Waals surface area contributed by atoms with Gasteiger partial charge in [-0.2, -0.15) is 0 Å². The van der Waals surface area contributed by atoms with Gasteiger partial charge in [-0.25, -0.2) is 4.98 Å². The third-order valence-corrected chi connectivity index (χ3v) is 2.14. The van der Waals surface area contributed by atoms with Gasteiger partial charge in [0.25, 0.3) is 0 Å². The molecule has 0 saturated heterocycles. The Morgan fingerprint density at radius 2 is 2.33 bits per heavy atom. The third-order valence-electron chi connectivity index (χ3n) is 1.71. The molecule has 0 radical (unpaired) electrons. The molecular weight excluding hydrogens is 262 g/mol. The number of nitro groups is 1. The lowest BCUT2D eigenvalue weighted by Crippen LogP contribution is -2.10. The number of nitrogens with one attached hydrogen (secondary N) is 1. The van der Waals surface area contributed by atoms with Gasteiger partial charge in [0, 0.05) is 23.3 Å². The molecule has 0 aliphatic rings. The molecule has 1 aromatic heterocycles. The van der Waals surface area contributed by atoms with E-state index >= 15 is 0 Å². The van der Waals surface area contributed by atoms with Gasteiger partial charge >= 0.3 is 5.69 Å². The van der Waals surface area contributed by atoms with Gasteiger partial charge in [0.05, 0.1) is 4.92 Å². The summed E-state index contributed by atoms with van der Waals surface area (Å²) >= 11 is 3.15. The summed E-state index contributed by atoms with van der Waals surface area (Å²) in [5.41, 5.74) is -0.00924. The van der Waals surface area contributed by atoms with Gasteiger partial charge in [0.2, 0.25) is 5.82 Å². The monoisotopic (exact) mass is 273 g/mol. The van der Waals surface area contributed by atoms with Crippen LogP contribution >= 0.6 is 15.9 Å². The fraction of sp³-hybridized carbons (Fsp3) is 0.444. The lowest BCUT2D eigenvalue weighted by Gasteiger charge is -2.08. The highest BCUT2D eigenvalue weighted by atomic mass is 79.9. The molecule has 1 heterocycles. The largest absolute Gasteiger partial charge is 0.364 e. The summed E-state index contributed by atoms with van der Waals surface area (Å²) in [7, 11) is 0. The van der Waals surface area contributed by atoms with Crippen molar-refractivity contribution in [3.05, 3.63) is 26.9 Å². The zero-order valence-electron chi connectivity index (χ0n) is 8.53. The Morgan fingerprint density at radius 3 is 2.87 bits per heavy atom. The van der Waals surface area contributed by atoms with Crippen molar-refractivity contribution in [2.75, 3.05) is 11.9 Å². The van der Waals surface area contributed by atoms with Gasteiger partial charge in [-0.3, -0.25) is 10.1 Å². The highest BCUT2D eigenvalue weighted by Gasteiger charge is 2.15. The van der Waals surface area contributed by atoms with Crippen LogP contribution in [0.1, 0.15) is 13.8 Å². The number of hydrogen-bond donors (Lipinski definition) is 1. The Hall–Kier alpha value is -1.17. The number of hydrogen-bond acceptors (Lipinski definition) is 4. The summed E-state index contributed by atoms with van der Waals surface area (Å²) < 4.78 is 0.601. The summed E-state index contributed by atoms with van der Waals surface area (Å²) in [5, 5.41) is 13.7. The minimum Gasteiger partial charge on any atom is -0.364 e. The van der Waals surface area contributed by atoms with Gasteiger partial charge in [-0.05, 0) is 21.8 Å². The molecule has 0 amide bonds. The van der Waals surface area contributed by atoms with Crippen LogP contribution in [-0.2, 0) is 0 Å². The second kappa shape index (κ2) is 5.06. The normalized spacial score (nSPS) is 10.4. The number of nitrogens with zero attached hydrogens (tertiary/aromatic N) is 2. The molecule has 0 fully saturated rings. The van der Waals surface area contributed by atoms with Gasteiger partial charge < -0.3 is 5.32 Å². The highest BCUT2D eigenvalue weighted by molar-refractivity contribution is 9.10. The van der Waals surface area contributed by atoms with E-state index < -0.39 is 4.92 Å². The second-order valence-electron chi connectivity index (χ2n) is 3.55. The summed E-state index contributed by atoms with van der Waals surface area (Å²) in [6, 6.07) is 1.44. The number of aromatic nitrogens is 1. The molecule has 0 unspecified atom stereocenters. The van der Waals surface area contributed by atoms with Crippen LogP contribution in [0.4, 0.5) is 11.5 Å². The number of pyridine rings is 1. The van der Waals surface area contributed by atoms with Crippen LogP contribution < -0.4 is 5.32 Å². The maximum absolute atomic E-state index is 10.7. The molecule has 0 bridgehead atoms. The zero-order valence-corrected chi connectivity index (χ0v) is 10.1. The number of anilines is 1. The maximum atomic E-state index is 10.7. The molecule has 6 heteroatoms. The van der Waals surface area contributed by atoms with Crippen molar-refractivity contribution >= 4 is 27.4 Å². The quantitative estimate of drug-likeness (QED) is 0.677. The highest BCUT2D eigenvalue weighted by Crippen LogP contribution is 2.25. The summed E-state index contributed by atoms with van der Waals surface area (Å²) in [4.78, 5) is 14.3. The van der Waals surface area contributed by atoms with Crippen LogP contribution in [0.2, 0.25) is 0 Å².